The topological polar surface area (TPSA) is 102 Å². The van der Waals surface area contributed by atoms with Gasteiger partial charge >= 0.3 is 0 Å². The number of hydrogen-bond acceptors (Lipinski definition) is 6. The fourth-order valence-corrected chi connectivity index (χ4v) is 4.06. The molecule has 8 nitrogen and oxygen atoms in total. The van der Waals surface area contributed by atoms with Gasteiger partial charge < -0.3 is 25.1 Å². The van der Waals surface area contributed by atoms with Crippen molar-refractivity contribution in [2.75, 3.05) is 32.8 Å². The highest BCUT2D eigenvalue weighted by Crippen LogP contribution is 2.36. The molecule has 5 rings (SSSR count). The molecule has 3 aromatic rings. The molecule has 0 atom stereocenters. The third-order valence-electron chi connectivity index (χ3n) is 5.41. The minimum atomic E-state index is -0.162. The van der Waals surface area contributed by atoms with Crippen LogP contribution in [0, 0.1) is 0 Å². The van der Waals surface area contributed by atoms with Crippen LogP contribution in [0.5, 0.6) is 5.88 Å². The molecule has 3 N–H and O–H groups in total. The lowest BCUT2D eigenvalue weighted by Gasteiger charge is -2.26. The SMILES string of the molecule is O=C(CON=C1C(c2c(O)[nH]c3ccc(Cl)cc23)=Nc2ccccc21)N1CCNCC1. The maximum absolute atomic E-state index is 12.4. The number of benzene rings is 2. The molecular weight excluding hydrogens is 418 g/mol. The van der Waals surface area contributed by atoms with Gasteiger partial charge in [0.15, 0.2) is 12.5 Å². The first-order chi connectivity index (χ1) is 15.1. The van der Waals surface area contributed by atoms with Crippen LogP contribution in [0.1, 0.15) is 11.1 Å². The first kappa shape index (κ1) is 19.6. The molecule has 0 unspecified atom stereocenters. The molecule has 0 saturated carbocycles. The standard InChI is InChI=1S/C22H20ClN5O3/c23-13-5-6-17-15(11-13)19(22(30)26-17)21-20(14-3-1-2-4-16(14)25-21)27-31-12-18(29)28-9-7-24-8-10-28/h1-6,11,24,26,30H,7-10,12H2. The number of piperazine rings is 1. The lowest BCUT2D eigenvalue weighted by molar-refractivity contribution is -0.136. The first-order valence-corrected chi connectivity index (χ1v) is 10.4. The van der Waals surface area contributed by atoms with Crippen LogP contribution in [0.15, 0.2) is 52.6 Å². The van der Waals surface area contributed by atoms with Crippen molar-refractivity contribution in [3.05, 3.63) is 58.6 Å². The van der Waals surface area contributed by atoms with Crippen molar-refractivity contribution < 1.29 is 14.7 Å². The molecule has 2 aliphatic rings. The van der Waals surface area contributed by atoms with Gasteiger partial charge in [-0.2, -0.15) is 0 Å². The molecule has 31 heavy (non-hydrogen) atoms. The number of amides is 1. The number of halogens is 1. The highest BCUT2D eigenvalue weighted by atomic mass is 35.5. The minimum Gasteiger partial charge on any atom is -0.494 e. The van der Waals surface area contributed by atoms with Gasteiger partial charge in [0.05, 0.1) is 11.3 Å². The molecule has 1 fully saturated rings. The number of aromatic amines is 1. The molecule has 158 valence electrons. The second-order valence-corrected chi connectivity index (χ2v) is 7.80. The zero-order valence-corrected chi connectivity index (χ0v) is 17.3. The number of nitrogens with zero attached hydrogens (tertiary/aromatic N) is 3. The molecule has 1 saturated heterocycles. The number of carbonyl (C=O) groups is 1. The van der Waals surface area contributed by atoms with Crippen molar-refractivity contribution in [3.8, 4) is 5.88 Å². The number of aromatic hydroxyl groups is 1. The van der Waals surface area contributed by atoms with E-state index in [9.17, 15) is 9.90 Å². The van der Waals surface area contributed by atoms with E-state index in [1.54, 1.807) is 23.1 Å². The Balaban J connectivity index is 1.49. The van der Waals surface area contributed by atoms with Crippen molar-refractivity contribution in [1.82, 2.24) is 15.2 Å². The number of aliphatic imine (C=N–C) groups is 1. The second-order valence-electron chi connectivity index (χ2n) is 7.36. The van der Waals surface area contributed by atoms with E-state index in [4.69, 9.17) is 16.4 Å². The summed E-state index contributed by atoms with van der Waals surface area (Å²) in [7, 11) is 0. The predicted octanol–water partition coefficient (Wildman–Crippen LogP) is 2.81. The average molecular weight is 438 g/mol. The summed E-state index contributed by atoms with van der Waals surface area (Å²) in [5.41, 5.74) is 3.61. The van der Waals surface area contributed by atoms with Crippen LogP contribution in [-0.2, 0) is 9.63 Å². The largest absolute Gasteiger partial charge is 0.494 e. The molecule has 2 aromatic carbocycles. The number of aromatic nitrogens is 1. The van der Waals surface area contributed by atoms with Gasteiger partial charge in [-0.15, -0.1) is 0 Å². The Hall–Kier alpha value is -3.36. The third kappa shape index (κ3) is 3.64. The summed E-state index contributed by atoms with van der Waals surface area (Å²) in [4.78, 5) is 27.3. The quantitative estimate of drug-likeness (QED) is 0.546. The fraction of sp³-hybridized carbons (Fsp3) is 0.227. The van der Waals surface area contributed by atoms with Crippen molar-refractivity contribution in [1.29, 1.82) is 0 Å². The van der Waals surface area contributed by atoms with Crippen LogP contribution in [0.25, 0.3) is 10.9 Å². The Bertz CT molecular complexity index is 1230. The summed E-state index contributed by atoms with van der Waals surface area (Å²) in [6.45, 7) is 2.68. The number of carbonyl (C=O) groups excluding carboxylic acids is 1. The van der Waals surface area contributed by atoms with E-state index >= 15 is 0 Å². The van der Waals surface area contributed by atoms with E-state index in [0.717, 1.165) is 29.6 Å². The lowest BCUT2D eigenvalue weighted by Crippen LogP contribution is -2.47. The van der Waals surface area contributed by atoms with E-state index in [1.807, 2.05) is 24.3 Å². The number of nitrogens with one attached hydrogen (secondary N) is 2. The summed E-state index contributed by atoms with van der Waals surface area (Å²) in [6, 6.07) is 12.8. The Morgan fingerprint density at radius 3 is 2.87 bits per heavy atom. The molecule has 0 bridgehead atoms. The second kappa shape index (κ2) is 8.05. The minimum absolute atomic E-state index is 0.0339. The van der Waals surface area contributed by atoms with Gasteiger partial charge in [0.25, 0.3) is 5.91 Å². The molecule has 3 heterocycles. The van der Waals surface area contributed by atoms with Crippen LogP contribution in [0.3, 0.4) is 0 Å². The van der Waals surface area contributed by atoms with E-state index < -0.39 is 0 Å². The maximum Gasteiger partial charge on any atom is 0.263 e. The summed E-state index contributed by atoms with van der Waals surface area (Å²) < 4.78 is 0. The van der Waals surface area contributed by atoms with Gasteiger partial charge in [-0.05, 0) is 24.3 Å². The molecular formula is C22H20ClN5O3. The smallest absolute Gasteiger partial charge is 0.263 e. The monoisotopic (exact) mass is 437 g/mol. The maximum atomic E-state index is 12.4. The first-order valence-electron chi connectivity index (χ1n) is 9.99. The lowest BCUT2D eigenvalue weighted by atomic mass is 10.0. The highest BCUT2D eigenvalue weighted by Gasteiger charge is 2.29. The van der Waals surface area contributed by atoms with Gasteiger partial charge in [-0.3, -0.25) is 4.79 Å². The van der Waals surface area contributed by atoms with E-state index in [0.29, 0.717) is 40.8 Å². The van der Waals surface area contributed by atoms with Gasteiger partial charge in [0.2, 0.25) is 0 Å². The van der Waals surface area contributed by atoms with E-state index in [2.05, 4.69) is 20.4 Å². The Kier molecular flexibility index (Phi) is 5.09. The van der Waals surface area contributed by atoms with Crippen molar-refractivity contribution >= 4 is 45.5 Å². The van der Waals surface area contributed by atoms with Gasteiger partial charge in [-0.1, -0.05) is 35.0 Å². The number of oxime groups is 1. The van der Waals surface area contributed by atoms with Crippen LogP contribution >= 0.6 is 11.6 Å². The fourth-order valence-electron chi connectivity index (χ4n) is 3.89. The van der Waals surface area contributed by atoms with E-state index in [1.165, 1.54) is 0 Å². The molecule has 0 radical (unpaired) electrons. The van der Waals surface area contributed by atoms with Crippen molar-refractivity contribution in [2.24, 2.45) is 10.1 Å². The highest BCUT2D eigenvalue weighted by molar-refractivity contribution is 6.58. The van der Waals surface area contributed by atoms with Crippen LogP contribution in [-0.4, -0.2) is 65.1 Å². The average Bonchev–Trinajstić information content (AvgIpc) is 3.30. The molecule has 0 aliphatic carbocycles. The van der Waals surface area contributed by atoms with Crippen molar-refractivity contribution in [3.63, 3.8) is 0 Å². The Morgan fingerprint density at radius 2 is 2.03 bits per heavy atom. The molecule has 0 spiro atoms. The summed E-state index contributed by atoms with van der Waals surface area (Å²) in [5.74, 6) is -0.147. The van der Waals surface area contributed by atoms with E-state index in [-0.39, 0.29) is 18.4 Å². The van der Waals surface area contributed by atoms with Gasteiger partial charge in [0.1, 0.15) is 11.4 Å². The summed E-state index contributed by atoms with van der Waals surface area (Å²) >= 11 is 6.19. The summed E-state index contributed by atoms with van der Waals surface area (Å²) in [5, 5.41) is 19.4. The number of hydrogen-bond donors (Lipinski definition) is 3. The molecule has 1 aromatic heterocycles. The zero-order chi connectivity index (χ0) is 21.4. The number of fused-ring (bicyclic) bond motifs is 2. The molecule has 9 heteroatoms. The Morgan fingerprint density at radius 1 is 1.23 bits per heavy atom. The van der Waals surface area contributed by atoms with Gasteiger partial charge in [0, 0.05) is 47.7 Å². The molecule has 1 amide bonds. The van der Waals surface area contributed by atoms with Crippen LogP contribution in [0.4, 0.5) is 5.69 Å². The number of rotatable bonds is 4. The normalized spacial score (nSPS) is 17.1. The zero-order valence-electron chi connectivity index (χ0n) is 16.6. The van der Waals surface area contributed by atoms with Crippen molar-refractivity contribution in [2.45, 2.75) is 0 Å². The number of para-hydroxylation sites is 1. The third-order valence-corrected chi connectivity index (χ3v) is 5.64. The van der Waals surface area contributed by atoms with Crippen LogP contribution < -0.4 is 5.32 Å². The summed E-state index contributed by atoms with van der Waals surface area (Å²) in [6.07, 6.45) is 0. The van der Waals surface area contributed by atoms with Gasteiger partial charge in [-0.25, -0.2) is 4.99 Å². The van der Waals surface area contributed by atoms with Crippen LogP contribution in [0.2, 0.25) is 5.02 Å². The number of H-pyrrole nitrogens is 1. The molecule has 2 aliphatic heterocycles. The Labute approximate surface area is 183 Å². The predicted molar refractivity (Wildman–Crippen MR) is 120 cm³/mol.